The number of hydrogen-bond acceptors (Lipinski definition) is 1. The Kier molecular flexibility index (Phi) is 2.63. The van der Waals surface area contributed by atoms with E-state index in [0.717, 1.165) is 31.4 Å². The van der Waals surface area contributed by atoms with Gasteiger partial charge in [0, 0.05) is 30.6 Å². The van der Waals surface area contributed by atoms with E-state index in [1.54, 1.807) is 6.07 Å². The predicted molar refractivity (Wildman–Crippen MR) is 67.5 cm³/mol. The molecule has 1 N–H and O–H groups in total. The van der Waals surface area contributed by atoms with Gasteiger partial charge in [0.2, 0.25) is 0 Å². The van der Waals surface area contributed by atoms with Gasteiger partial charge in [-0.2, -0.15) is 0 Å². The lowest BCUT2D eigenvalue weighted by Crippen LogP contribution is -2.30. The number of nitrogens with one attached hydrogen (secondary N) is 1. The van der Waals surface area contributed by atoms with Gasteiger partial charge in [0.1, 0.15) is 5.82 Å². The van der Waals surface area contributed by atoms with Crippen molar-refractivity contribution in [3.05, 3.63) is 35.3 Å². The first-order valence-corrected chi connectivity index (χ1v) is 6.30. The van der Waals surface area contributed by atoms with Crippen LogP contribution in [0, 0.1) is 5.82 Å². The van der Waals surface area contributed by atoms with Crippen LogP contribution in [-0.4, -0.2) is 23.0 Å². The first-order chi connectivity index (χ1) is 8.29. The third-order valence-corrected chi connectivity index (χ3v) is 3.58. The van der Waals surface area contributed by atoms with E-state index in [0.29, 0.717) is 5.52 Å². The van der Waals surface area contributed by atoms with Crippen molar-refractivity contribution in [3.8, 4) is 0 Å². The summed E-state index contributed by atoms with van der Waals surface area (Å²) in [5.74, 6) is -0.140. The largest absolute Gasteiger partial charge is 0.356 e. The van der Waals surface area contributed by atoms with Crippen LogP contribution in [0.3, 0.4) is 0 Å². The summed E-state index contributed by atoms with van der Waals surface area (Å²) < 4.78 is 13.7. The average molecular weight is 232 g/mol. The Bertz CT molecular complexity index is 544. The highest BCUT2D eigenvalue weighted by Crippen LogP contribution is 2.28. The second kappa shape index (κ2) is 4.15. The zero-order valence-corrected chi connectivity index (χ0v) is 10.1. The molecule has 17 heavy (non-hydrogen) atoms. The summed E-state index contributed by atoms with van der Waals surface area (Å²) >= 11 is 0. The fourth-order valence-electron chi connectivity index (χ4n) is 2.77. The highest BCUT2D eigenvalue weighted by Gasteiger charge is 2.20. The summed E-state index contributed by atoms with van der Waals surface area (Å²) in [7, 11) is 0. The zero-order valence-electron chi connectivity index (χ0n) is 10.1. The molecule has 3 heteroatoms. The van der Waals surface area contributed by atoms with Crippen LogP contribution < -0.4 is 0 Å². The maximum absolute atomic E-state index is 13.7. The van der Waals surface area contributed by atoms with Gasteiger partial charge in [-0.05, 0) is 24.6 Å². The molecule has 2 nitrogen and oxygen atoms in total. The lowest BCUT2D eigenvalue weighted by molar-refractivity contribution is 0.255. The fourth-order valence-corrected chi connectivity index (χ4v) is 2.77. The predicted octanol–water partition coefficient (Wildman–Crippen LogP) is 3.08. The molecule has 1 aliphatic heterocycles. The lowest BCUT2D eigenvalue weighted by Gasteiger charge is -2.26. The molecule has 2 aromatic rings. The maximum Gasteiger partial charge on any atom is 0.147 e. The Morgan fingerprint density at radius 2 is 2.29 bits per heavy atom. The summed E-state index contributed by atoms with van der Waals surface area (Å²) in [6, 6.07) is 5.34. The fraction of sp³-hybridized carbons (Fsp3) is 0.429. The third-order valence-electron chi connectivity index (χ3n) is 3.58. The summed E-state index contributed by atoms with van der Waals surface area (Å²) in [4.78, 5) is 5.69. The summed E-state index contributed by atoms with van der Waals surface area (Å²) in [6.45, 7) is 5.35. The molecule has 1 aromatic carbocycles. The third kappa shape index (κ3) is 1.75. The van der Waals surface area contributed by atoms with Crippen LogP contribution in [0.1, 0.15) is 24.6 Å². The Morgan fingerprint density at radius 3 is 3.12 bits per heavy atom. The standard InChI is InChI=1S/C14H17FN2/c1-2-7-17-8-6-13-11(9-17)10-4-3-5-12(15)14(10)16-13/h3-5,16H,2,6-9H2,1H3. The first-order valence-electron chi connectivity index (χ1n) is 6.30. The number of rotatable bonds is 2. The number of H-pyrrole nitrogens is 1. The van der Waals surface area contributed by atoms with Crippen LogP contribution in [0.15, 0.2) is 18.2 Å². The molecule has 0 radical (unpaired) electrons. The van der Waals surface area contributed by atoms with Gasteiger partial charge in [0.25, 0.3) is 0 Å². The van der Waals surface area contributed by atoms with E-state index in [1.807, 2.05) is 6.07 Å². The van der Waals surface area contributed by atoms with Crippen molar-refractivity contribution in [1.29, 1.82) is 0 Å². The molecule has 2 heterocycles. The number of nitrogens with zero attached hydrogens (tertiary/aromatic N) is 1. The molecule has 0 bridgehead atoms. The highest BCUT2D eigenvalue weighted by molar-refractivity contribution is 5.85. The van der Waals surface area contributed by atoms with Gasteiger partial charge in [-0.1, -0.05) is 19.1 Å². The van der Waals surface area contributed by atoms with Crippen LogP contribution in [-0.2, 0) is 13.0 Å². The second-order valence-electron chi connectivity index (χ2n) is 4.77. The molecule has 90 valence electrons. The Hall–Kier alpha value is -1.35. The Balaban J connectivity index is 2.06. The monoisotopic (exact) mass is 232 g/mol. The second-order valence-corrected chi connectivity index (χ2v) is 4.77. The van der Waals surface area contributed by atoms with Gasteiger partial charge in [0.05, 0.1) is 5.52 Å². The molecule has 0 fully saturated rings. The number of fused-ring (bicyclic) bond motifs is 3. The molecular weight excluding hydrogens is 215 g/mol. The van der Waals surface area contributed by atoms with Gasteiger partial charge in [-0.15, -0.1) is 0 Å². The molecule has 1 aliphatic rings. The number of para-hydroxylation sites is 1. The van der Waals surface area contributed by atoms with E-state index in [1.165, 1.54) is 23.7 Å². The summed E-state index contributed by atoms with van der Waals surface area (Å²) in [5.41, 5.74) is 3.19. The number of aromatic amines is 1. The normalized spacial score (nSPS) is 16.4. The molecule has 0 spiro atoms. The minimum absolute atomic E-state index is 0.140. The molecule has 0 saturated carbocycles. The van der Waals surface area contributed by atoms with Crippen LogP contribution >= 0.6 is 0 Å². The van der Waals surface area contributed by atoms with Crippen molar-refractivity contribution in [3.63, 3.8) is 0 Å². The molecule has 0 aliphatic carbocycles. The van der Waals surface area contributed by atoms with Crippen molar-refractivity contribution < 1.29 is 4.39 Å². The topological polar surface area (TPSA) is 19.0 Å². The van der Waals surface area contributed by atoms with Gasteiger partial charge < -0.3 is 4.98 Å². The van der Waals surface area contributed by atoms with Gasteiger partial charge >= 0.3 is 0 Å². The van der Waals surface area contributed by atoms with Crippen molar-refractivity contribution in [1.82, 2.24) is 9.88 Å². The maximum atomic E-state index is 13.7. The van der Waals surface area contributed by atoms with Crippen molar-refractivity contribution >= 4 is 10.9 Å². The number of halogens is 1. The molecular formula is C14H17FN2. The highest BCUT2D eigenvalue weighted by atomic mass is 19.1. The van der Waals surface area contributed by atoms with Crippen molar-refractivity contribution in [2.75, 3.05) is 13.1 Å². The van der Waals surface area contributed by atoms with E-state index in [4.69, 9.17) is 0 Å². The summed E-state index contributed by atoms with van der Waals surface area (Å²) in [6.07, 6.45) is 2.18. The smallest absolute Gasteiger partial charge is 0.147 e. The van der Waals surface area contributed by atoms with E-state index in [9.17, 15) is 4.39 Å². The van der Waals surface area contributed by atoms with Crippen molar-refractivity contribution in [2.45, 2.75) is 26.3 Å². The molecule has 0 atom stereocenters. The van der Waals surface area contributed by atoms with E-state index in [-0.39, 0.29) is 5.82 Å². The van der Waals surface area contributed by atoms with Gasteiger partial charge in [0.15, 0.2) is 0 Å². The van der Waals surface area contributed by atoms with Gasteiger partial charge in [-0.25, -0.2) is 4.39 Å². The minimum atomic E-state index is -0.140. The number of benzene rings is 1. The van der Waals surface area contributed by atoms with E-state index in [2.05, 4.69) is 16.8 Å². The zero-order chi connectivity index (χ0) is 11.8. The van der Waals surface area contributed by atoms with E-state index >= 15 is 0 Å². The van der Waals surface area contributed by atoms with Crippen LogP contribution in [0.4, 0.5) is 4.39 Å². The lowest BCUT2D eigenvalue weighted by atomic mass is 10.0. The van der Waals surface area contributed by atoms with Crippen LogP contribution in [0.2, 0.25) is 0 Å². The quantitative estimate of drug-likeness (QED) is 0.843. The molecule has 3 rings (SSSR count). The van der Waals surface area contributed by atoms with Gasteiger partial charge in [-0.3, -0.25) is 4.90 Å². The Morgan fingerprint density at radius 1 is 1.41 bits per heavy atom. The molecule has 1 aromatic heterocycles. The van der Waals surface area contributed by atoms with Crippen molar-refractivity contribution in [2.24, 2.45) is 0 Å². The van der Waals surface area contributed by atoms with Crippen LogP contribution in [0.5, 0.6) is 0 Å². The number of hydrogen-bond donors (Lipinski definition) is 1. The first kappa shape index (κ1) is 10.8. The van der Waals surface area contributed by atoms with Crippen LogP contribution in [0.25, 0.3) is 10.9 Å². The SMILES string of the molecule is CCCN1CCc2[nH]c3c(F)cccc3c2C1. The number of aromatic nitrogens is 1. The average Bonchev–Trinajstić information content (AvgIpc) is 2.70. The summed E-state index contributed by atoms with van der Waals surface area (Å²) in [5, 5.41) is 1.06. The minimum Gasteiger partial charge on any atom is -0.356 e. The molecule has 0 unspecified atom stereocenters. The molecule has 0 saturated heterocycles. The molecule has 0 amide bonds. The van der Waals surface area contributed by atoms with E-state index < -0.39 is 0 Å². The Labute approximate surface area is 100 Å².